The Labute approximate surface area is 139 Å². The van der Waals surface area contributed by atoms with Crippen molar-refractivity contribution in [2.24, 2.45) is 5.92 Å². The number of quaternary nitrogens is 1. The predicted octanol–water partition coefficient (Wildman–Crippen LogP) is 3.40. The molecule has 2 bridgehead atoms. The Morgan fingerprint density at radius 1 is 0.826 bits per heavy atom. The molecule has 0 saturated carbocycles. The van der Waals surface area contributed by atoms with Crippen molar-refractivity contribution >= 4 is 0 Å². The molecule has 23 heavy (non-hydrogen) atoms. The highest BCUT2D eigenvalue weighted by Gasteiger charge is 2.52. The number of hydrogen-bond donors (Lipinski definition) is 1. The van der Waals surface area contributed by atoms with Crippen LogP contribution in [0.5, 0.6) is 0 Å². The van der Waals surface area contributed by atoms with Gasteiger partial charge in [-0.25, -0.2) is 0 Å². The van der Waals surface area contributed by atoms with E-state index >= 15 is 0 Å². The summed E-state index contributed by atoms with van der Waals surface area (Å²) in [5.74, 6) is 0.513. The average Bonchev–Trinajstić information content (AvgIpc) is 2.60. The lowest BCUT2D eigenvalue weighted by Crippen LogP contribution is -2.69. The van der Waals surface area contributed by atoms with Gasteiger partial charge in [-0.1, -0.05) is 60.7 Å². The monoisotopic (exact) mass is 308 g/mol. The maximum absolute atomic E-state index is 10.9. The van der Waals surface area contributed by atoms with Crippen LogP contribution in [0.15, 0.2) is 60.7 Å². The van der Waals surface area contributed by atoms with Crippen LogP contribution >= 0.6 is 0 Å². The molecule has 3 aliphatic rings. The lowest BCUT2D eigenvalue weighted by atomic mass is 9.75. The standard InChI is InChI=1S/C21H26NO/c23-21-19-11-13-22(14-12-19,16-18-9-5-2-6-10-18)20(21)15-17-7-3-1-4-8-17/h1-10,19-21,23H,11-16H2/q+1/t19?,20-,21-,22?/m1/s1. The second-order valence-corrected chi connectivity index (χ2v) is 7.39. The van der Waals surface area contributed by atoms with E-state index in [1.54, 1.807) is 0 Å². The molecule has 2 atom stereocenters. The number of hydrogen-bond acceptors (Lipinski definition) is 1. The van der Waals surface area contributed by atoms with Crippen molar-refractivity contribution in [3.63, 3.8) is 0 Å². The van der Waals surface area contributed by atoms with Gasteiger partial charge in [0.05, 0.1) is 13.1 Å². The second-order valence-electron chi connectivity index (χ2n) is 7.39. The maximum atomic E-state index is 10.9. The van der Waals surface area contributed by atoms with Crippen molar-refractivity contribution in [1.82, 2.24) is 0 Å². The number of piperidine rings is 3. The zero-order valence-corrected chi connectivity index (χ0v) is 13.6. The molecule has 3 aliphatic heterocycles. The summed E-state index contributed by atoms with van der Waals surface area (Å²) >= 11 is 0. The predicted molar refractivity (Wildman–Crippen MR) is 92.8 cm³/mol. The van der Waals surface area contributed by atoms with Gasteiger partial charge in [-0.15, -0.1) is 0 Å². The Balaban J connectivity index is 1.63. The first-order valence-electron chi connectivity index (χ1n) is 8.88. The zero-order valence-electron chi connectivity index (χ0n) is 13.6. The van der Waals surface area contributed by atoms with Crippen LogP contribution < -0.4 is 0 Å². The largest absolute Gasteiger partial charge is 0.387 e. The van der Waals surface area contributed by atoms with E-state index in [1.165, 1.54) is 37.1 Å². The Bertz CT molecular complexity index is 631. The summed E-state index contributed by atoms with van der Waals surface area (Å²) in [6.07, 6.45) is 3.20. The highest BCUT2D eigenvalue weighted by Crippen LogP contribution is 2.41. The molecule has 0 spiro atoms. The van der Waals surface area contributed by atoms with Gasteiger partial charge in [-0.05, 0) is 5.56 Å². The normalized spacial score (nSPS) is 32.8. The van der Waals surface area contributed by atoms with E-state index in [2.05, 4.69) is 60.7 Å². The van der Waals surface area contributed by atoms with E-state index in [1.807, 2.05) is 0 Å². The molecule has 0 amide bonds. The summed E-state index contributed by atoms with van der Waals surface area (Å²) in [5.41, 5.74) is 2.76. The average molecular weight is 308 g/mol. The van der Waals surface area contributed by atoms with E-state index in [0.29, 0.717) is 12.0 Å². The van der Waals surface area contributed by atoms with Gasteiger partial charge >= 0.3 is 0 Å². The molecule has 3 fully saturated rings. The van der Waals surface area contributed by atoms with E-state index < -0.39 is 0 Å². The van der Waals surface area contributed by atoms with Gasteiger partial charge in [-0.2, -0.15) is 0 Å². The molecular formula is C21H26NO+. The van der Waals surface area contributed by atoms with Gasteiger partial charge in [0.15, 0.2) is 0 Å². The summed E-state index contributed by atoms with van der Waals surface area (Å²) in [7, 11) is 0. The van der Waals surface area contributed by atoms with Crippen LogP contribution in [-0.4, -0.2) is 34.8 Å². The van der Waals surface area contributed by atoms with Crippen molar-refractivity contribution in [2.75, 3.05) is 13.1 Å². The third kappa shape index (κ3) is 2.82. The molecule has 2 heteroatoms. The van der Waals surface area contributed by atoms with Crippen molar-refractivity contribution in [3.05, 3.63) is 71.8 Å². The summed E-state index contributed by atoms with van der Waals surface area (Å²) in [6.45, 7) is 3.49. The third-order valence-electron chi connectivity index (χ3n) is 6.10. The molecule has 2 nitrogen and oxygen atoms in total. The second kappa shape index (κ2) is 6.10. The first kappa shape index (κ1) is 14.9. The van der Waals surface area contributed by atoms with Gasteiger partial charge in [0.2, 0.25) is 0 Å². The number of rotatable bonds is 4. The summed E-state index contributed by atoms with van der Waals surface area (Å²) in [5, 5.41) is 10.9. The molecule has 3 heterocycles. The molecule has 3 saturated heterocycles. The SMILES string of the molecule is O[C@@H]1C2CC[N+](Cc3ccccc3)(CC2)[C@@H]1Cc1ccccc1. The smallest absolute Gasteiger partial charge is 0.120 e. The van der Waals surface area contributed by atoms with Gasteiger partial charge in [0, 0.05) is 30.7 Å². The van der Waals surface area contributed by atoms with E-state index in [9.17, 15) is 5.11 Å². The number of aliphatic hydroxyl groups is 1. The van der Waals surface area contributed by atoms with E-state index in [0.717, 1.165) is 17.4 Å². The quantitative estimate of drug-likeness (QED) is 0.858. The van der Waals surface area contributed by atoms with Gasteiger partial charge < -0.3 is 9.59 Å². The third-order valence-corrected chi connectivity index (χ3v) is 6.10. The van der Waals surface area contributed by atoms with Crippen LogP contribution in [-0.2, 0) is 13.0 Å². The van der Waals surface area contributed by atoms with Gasteiger partial charge in [0.25, 0.3) is 0 Å². The first-order chi connectivity index (χ1) is 11.3. The number of benzene rings is 2. The fourth-order valence-corrected chi connectivity index (χ4v) is 4.81. The Kier molecular flexibility index (Phi) is 3.96. The van der Waals surface area contributed by atoms with Crippen molar-refractivity contribution in [2.45, 2.75) is 38.0 Å². The number of nitrogens with zero attached hydrogens (tertiary/aromatic N) is 1. The van der Waals surface area contributed by atoms with Crippen molar-refractivity contribution in [3.8, 4) is 0 Å². The molecule has 0 aromatic heterocycles. The number of aliphatic hydroxyl groups excluding tert-OH is 1. The lowest BCUT2D eigenvalue weighted by Gasteiger charge is -2.57. The topological polar surface area (TPSA) is 20.2 Å². The van der Waals surface area contributed by atoms with Crippen LogP contribution in [0.4, 0.5) is 0 Å². The molecule has 2 aromatic rings. The summed E-state index contributed by atoms with van der Waals surface area (Å²) in [6, 6.07) is 21.9. The molecule has 120 valence electrons. The minimum atomic E-state index is -0.151. The molecule has 5 rings (SSSR count). The summed E-state index contributed by atoms with van der Waals surface area (Å²) < 4.78 is 1.07. The Morgan fingerprint density at radius 3 is 2.00 bits per heavy atom. The molecule has 0 unspecified atom stereocenters. The fourth-order valence-electron chi connectivity index (χ4n) is 4.81. The minimum Gasteiger partial charge on any atom is -0.387 e. The van der Waals surface area contributed by atoms with Crippen molar-refractivity contribution < 1.29 is 9.59 Å². The highest BCUT2D eigenvalue weighted by molar-refractivity contribution is 5.17. The Hall–Kier alpha value is -1.64. The maximum Gasteiger partial charge on any atom is 0.120 e. The Morgan fingerprint density at radius 2 is 1.39 bits per heavy atom. The summed E-state index contributed by atoms with van der Waals surface area (Å²) in [4.78, 5) is 0. The minimum absolute atomic E-state index is 0.151. The molecule has 1 N–H and O–H groups in total. The molecule has 2 aromatic carbocycles. The molecular weight excluding hydrogens is 282 g/mol. The fraction of sp³-hybridized carbons (Fsp3) is 0.429. The molecule has 0 radical (unpaired) electrons. The van der Waals surface area contributed by atoms with Gasteiger partial charge in [-0.3, -0.25) is 0 Å². The van der Waals surface area contributed by atoms with Crippen LogP contribution in [0.25, 0.3) is 0 Å². The van der Waals surface area contributed by atoms with Crippen LogP contribution in [0.3, 0.4) is 0 Å². The lowest BCUT2D eigenvalue weighted by molar-refractivity contribution is -0.982. The first-order valence-corrected chi connectivity index (χ1v) is 8.88. The van der Waals surface area contributed by atoms with Crippen LogP contribution in [0, 0.1) is 5.92 Å². The van der Waals surface area contributed by atoms with E-state index in [4.69, 9.17) is 0 Å². The zero-order chi connectivity index (χ0) is 15.7. The highest BCUT2D eigenvalue weighted by atomic mass is 16.3. The van der Waals surface area contributed by atoms with Crippen LogP contribution in [0.2, 0.25) is 0 Å². The van der Waals surface area contributed by atoms with Crippen LogP contribution in [0.1, 0.15) is 24.0 Å². The van der Waals surface area contributed by atoms with Gasteiger partial charge in [0.1, 0.15) is 18.7 Å². The molecule has 0 aliphatic carbocycles. The van der Waals surface area contributed by atoms with Crippen molar-refractivity contribution in [1.29, 1.82) is 0 Å². The number of fused-ring (bicyclic) bond motifs is 3. The van der Waals surface area contributed by atoms with E-state index in [-0.39, 0.29) is 6.10 Å².